The standard InChI is InChI=1S/C14H14N3O.Al/c15-9-10-5-7-11(8-6-10)14(18)17-13-4-2-1-3-12(13)16;/h1-8,15H,9,16H2,(H,17,18);/q-1;+1. The Morgan fingerprint density at radius 3 is 2.42 bits per heavy atom. The van der Waals surface area contributed by atoms with Gasteiger partial charge < -0.3 is 15.4 Å². The Kier molecular flexibility index (Phi) is 4.59. The fraction of sp³-hybridized carbons (Fsp3) is 0.0714. The molecule has 0 saturated carbocycles. The van der Waals surface area contributed by atoms with Gasteiger partial charge in [-0.2, -0.15) is 0 Å². The summed E-state index contributed by atoms with van der Waals surface area (Å²) >= 11 is 2.45. The number of carbonyl (C=O) groups is 1. The van der Waals surface area contributed by atoms with Crippen LogP contribution in [0.15, 0.2) is 48.5 Å². The molecule has 94 valence electrons. The Labute approximate surface area is 120 Å². The molecule has 0 aliphatic rings. The van der Waals surface area contributed by atoms with Crippen LogP contribution in [-0.2, 0) is 6.54 Å². The van der Waals surface area contributed by atoms with E-state index < -0.39 is 0 Å². The minimum Gasteiger partial charge on any atom is -0.412 e. The van der Waals surface area contributed by atoms with Crippen molar-refractivity contribution in [1.82, 2.24) is 4.30 Å². The zero-order valence-electron chi connectivity index (χ0n) is 10.4. The molecule has 0 unspecified atom stereocenters. The minimum absolute atomic E-state index is 0.164. The van der Waals surface area contributed by atoms with Crippen molar-refractivity contribution in [2.45, 2.75) is 6.54 Å². The van der Waals surface area contributed by atoms with Crippen LogP contribution < -0.4 is 15.4 Å². The van der Waals surface area contributed by atoms with Crippen molar-refractivity contribution in [2.75, 3.05) is 11.1 Å². The fourth-order valence-electron chi connectivity index (χ4n) is 1.70. The Balaban J connectivity index is 2.10. The van der Waals surface area contributed by atoms with Crippen molar-refractivity contribution < 1.29 is 4.79 Å². The highest BCUT2D eigenvalue weighted by Gasteiger charge is 2.07. The van der Waals surface area contributed by atoms with E-state index in [1.807, 2.05) is 24.3 Å². The van der Waals surface area contributed by atoms with Crippen molar-refractivity contribution >= 4 is 33.8 Å². The van der Waals surface area contributed by atoms with Crippen LogP contribution in [0.25, 0.3) is 0 Å². The Morgan fingerprint density at radius 2 is 1.79 bits per heavy atom. The molecule has 2 aromatic carbocycles. The zero-order chi connectivity index (χ0) is 13.7. The van der Waals surface area contributed by atoms with Gasteiger partial charge in [-0.25, -0.2) is 0 Å². The highest BCUT2D eigenvalue weighted by atomic mass is 27.1. The van der Waals surface area contributed by atoms with E-state index in [9.17, 15) is 4.79 Å². The zero-order valence-corrected chi connectivity index (χ0v) is 11.5. The highest BCUT2D eigenvalue weighted by molar-refractivity contribution is 6.05. The maximum Gasteiger partial charge on any atom is 0.255 e. The molecule has 0 heterocycles. The molecule has 1 amide bonds. The summed E-state index contributed by atoms with van der Waals surface area (Å²) in [7, 11) is 0. The molecule has 0 atom stereocenters. The van der Waals surface area contributed by atoms with Crippen LogP contribution in [0.5, 0.6) is 0 Å². The van der Waals surface area contributed by atoms with Crippen LogP contribution in [0.1, 0.15) is 15.9 Å². The monoisotopic (exact) mass is 267 g/mol. The van der Waals surface area contributed by atoms with E-state index in [0.29, 0.717) is 16.9 Å². The van der Waals surface area contributed by atoms with Crippen LogP contribution in [-0.4, -0.2) is 22.4 Å². The maximum atomic E-state index is 12.0. The first-order chi connectivity index (χ1) is 9.20. The summed E-state index contributed by atoms with van der Waals surface area (Å²) in [4.78, 5) is 12.0. The molecule has 0 saturated heterocycles. The van der Waals surface area contributed by atoms with E-state index >= 15 is 0 Å². The first kappa shape index (κ1) is 13.6. The van der Waals surface area contributed by atoms with Gasteiger partial charge in [0.05, 0.1) is 11.4 Å². The van der Waals surface area contributed by atoms with Crippen molar-refractivity contribution in [1.29, 1.82) is 0 Å². The van der Waals surface area contributed by atoms with Crippen LogP contribution in [0.2, 0.25) is 0 Å². The maximum absolute atomic E-state index is 12.0. The highest BCUT2D eigenvalue weighted by Crippen LogP contribution is 2.17. The van der Waals surface area contributed by atoms with Crippen molar-refractivity contribution in [3.8, 4) is 0 Å². The first-order valence-corrected chi connectivity index (χ1v) is 6.46. The number of carbonyl (C=O) groups excluding carboxylic acids is 1. The lowest BCUT2D eigenvalue weighted by atomic mass is 10.1. The molecule has 0 aromatic heterocycles. The fourth-order valence-corrected chi connectivity index (χ4v) is 1.93. The summed E-state index contributed by atoms with van der Waals surface area (Å²) in [6.07, 6.45) is 0. The molecule has 4 N–H and O–H groups in total. The van der Waals surface area contributed by atoms with Crippen molar-refractivity contribution in [3.63, 3.8) is 0 Å². The Morgan fingerprint density at radius 1 is 1.11 bits per heavy atom. The second kappa shape index (κ2) is 6.39. The molecule has 0 aliphatic carbocycles. The van der Waals surface area contributed by atoms with E-state index in [4.69, 9.17) is 5.73 Å². The average molecular weight is 267 g/mol. The number of anilines is 2. The summed E-state index contributed by atoms with van der Waals surface area (Å²) in [5.74, 6) is -0.164. The molecular formula is C14H14AlN3O. The quantitative estimate of drug-likeness (QED) is 0.583. The smallest absolute Gasteiger partial charge is 0.255 e. The molecule has 2 rings (SSSR count). The lowest BCUT2D eigenvalue weighted by Crippen LogP contribution is -2.13. The van der Waals surface area contributed by atoms with E-state index in [-0.39, 0.29) is 5.91 Å². The summed E-state index contributed by atoms with van der Waals surface area (Å²) in [5, 5.41) is 2.79. The molecule has 0 spiro atoms. The molecule has 5 heteroatoms. The third-order valence-electron chi connectivity index (χ3n) is 2.73. The van der Waals surface area contributed by atoms with Crippen molar-refractivity contribution in [2.24, 2.45) is 0 Å². The molecule has 0 aliphatic heterocycles. The average Bonchev–Trinajstić information content (AvgIpc) is 2.42. The summed E-state index contributed by atoms with van der Waals surface area (Å²) in [6, 6.07) is 14.6. The van der Waals surface area contributed by atoms with Gasteiger partial charge in [-0.3, -0.25) is 4.79 Å². The molecular weight excluding hydrogens is 253 g/mol. The van der Waals surface area contributed by atoms with Crippen LogP contribution in [0.3, 0.4) is 0 Å². The topological polar surface area (TPSA) is 67.1 Å². The Hall–Kier alpha value is -1.80. The van der Waals surface area contributed by atoms with Gasteiger partial charge in [-0.15, -0.1) is 0 Å². The van der Waals surface area contributed by atoms with Gasteiger partial charge in [0.15, 0.2) is 0 Å². The number of benzene rings is 2. The second-order valence-electron chi connectivity index (χ2n) is 4.12. The number of nitrogen functional groups attached to an aromatic ring is 1. The number of para-hydroxylation sites is 2. The molecule has 0 bridgehead atoms. The van der Waals surface area contributed by atoms with Crippen molar-refractivity contribution in [3.05, 3.63) is 59.7 Å². The number of hydrogen-bond donors (Lipinski definition) is 3. The largest absolute Gasteiger partial charge is 0.412 e. The predicted molar refractivity (Wildman–Crippen MR) is 77.8 cm³/mol. The van der Waals surface area contributed by atoms with Gasteiger partial charge >= 0.3 is 0 Å². The minimum atomic E-state index is -0.164. The van der Waals surface area contributed by atoms with E-state index in [1.165, 1.54) is 0 Å². The number of nitrogens with one attached hydrogen (secondary N) is 2. The third kappa shape index (κ3) is 3.58. The summed E-state index contributed by atoms with van der Waals surface area (Å²) in [6.45, 7) is 0.748. The Bertz CT molecular complexity index is 569. The first-order valence-electron chi connectivity index (χ1n) is 5.89. The number of amides is 1. The van der Waals surface area contributed by atoms with E-state index in [1.54, 1.807) is 24.3 Å². The van der Waals surface area contributed by atoms with E-state index in [0.717, 1.165) is 12.1 Å². The van der Waals surface area contributed by atoms with Crippen LogP contribution in [0.4, 0.5) is 11.4 Å². The lowest BCUT2D eigenvalue weighted by Gasteiger charge is -2.08. The van der Waals surface area contributed by atoms with Crippen LogP contribution in [0, 0.1) is 0 Å². The van der Waals surface area contributed by atoms with Gasteiger partial charge in [0, 0.05) is 12.1 Å². The summed E-state index contributed by atoms with van der Waals surface area (Å²) < 4.78 is 2.98. The van der Waals surface area contributed by atoms with Gasteiger partial charge in [0.25, 0.3) is 22.4 Å². The second-order valence-corrected chi connectivity index (χ2v) is 4.53. The normalized spacial score (nSPS) is 10.1. The molecule has 19 heavy (non-hydrogen) atoms. The SMILES string of the molecule is Nc1ccccc1NC(=O)c1ccc(C[NH][Al])cc1. The number of nitrogens with two attached hydrogens (primary N) is 1. The van der Waals surface area contributed by atoms with Gasteiger partial charge in [-0.1, -0.05) is 24.3 Å². The van der Waals surface area contributed by atoms with Gasteiger partial charge in [0.1, 0.15) is 0 Å². The predicted octanol–water partition coefficient (Wildman–Crippen LogP) is 1.69. The molecule has 2 aromatic rings. The molecule has 0 fully saturated rings. The number of rotatable bonds is 4. The van der Waals surface area contributed by atoms with Gasteiger partial charge in [-0.05, 0) is 29.8 Å². The molecule has 4 nitrogen and oxygen atoms in total. The molecule has 2 radical (unpaired) electrons. The summed E-state index contributed by atoms with van der Waals surface area (Å²) in [5.41, 5.74) is 8.69. The van der Waals surface area contributed by atoms with Gasteiger partial charge in [0.2, 0.25) is 0 Å². The lowest BCUT2D eigenvalue weighted by molar-refractivity contribution is 0.102. The van der Waals surface area contributed by atoms with Crippen LogP contribution >= 0.6 is 0 Å². The third-order valence-corrected chi connectivity index (χ3v) is 2.94. The number of hydrogen-bond acceptors (Lipinski definition) is 3. The van der Waals surface area contributed by atoms with E-state index in [2.05, 4.69) is 26.1 Å².